The maximum atomic E-state index is 6.16. The number of fused-ring (bicyclic) bond motifs is 4. The lowest BCUT2D eigenvalue weighted by Crippen LogP contribution is -2.29. The zero-order valence-corrected chi connectivity index (χ0v) is 15.0. The maximum Gasteiger partial charge on any atom is 0.186 e. The van der Waals surface area contributed by atoms with Crippen molar-refractivity contribution in [2.24, 2.45) is 0 Å². The Kier molecular flexibility index (Phi) is 3.27. The number of nitrogens with one attached hydrogen (secondary N) is 1. The quantitative estimate of drug-likeness (QED) is 0.467. The molecule has 0 aliphatic carbocycles. The van der Waals surface area contributed by atoms with Crippen molar-refractivity contribution >= 4 is 60.8 Å². The van der Waals surface area contributed by atoms with Crippen molar-refractivity contribution in [2.75, 3.05) is 11.4 Å². The van der Waals surface area contributed by atoms with Gasteiger partial charge in [0.15, 0.2) is 5.13 Å². The summed E-state index contributed by atoms with van der Waals surface area (Å²) in [5.41, 5.74) is 4.77. The lowest BCUT2D eigenvalue weighted by Gasteiger charge is -2.26. The number of aromatic amines is 1. The number of anilines is 1. The number of thiazole rings is 1. The predicted molar refractivity (Wildman–Crippen MR) is 103 cm³/mol. The molecule has 1 aliphatic heterocycles. The Morgan fingerprint density at radius 1 is 1.08 bits per heavy atom. The van der Waals surface area contributed by atoms with E-state index in [4.69, 9.17) is 28.2 Å². The van der Waals surface area contributed by atoms with Crippen LogP contribution in [0.25, 0.3) is 21.1 Å². The van der Waals surface area contributed by atoms with Gasteiger partial charge in [-0.05, 0) is 48.4 Å². The second-order valence-corrected chi connectivity index (χ2v) is 7.93. The monoisotopic (exact) mass is 373 g/mol. The molecule has 0 saturated carbocycles. The average Bonchev–Trinajstić information content (AvgIpc) is 3.14. The third-order valence-electron chi connectivity index (χ3n) is 4.55. The minimum absolute atomic E-state index is 0.729. The lowest BCUT2D eigenvalue weighted by molar-refractivity contribution is 0.722. The van der Waals surface area contributed by atoms with Crippen LogP contribution in [0.5, 0.6) is 0 Å². The molecule has 3 nitrogen and oxygen atoms in total. The molecule has 2 aromatic heterocycles. The summed E-state index contributed by atoms with van der Waals surface area (Å²) in [6.07, 6.45) is 0.992. The molecule has 24 heavy (non-hydrogen) atoms. The molecule has 3 heterocycles. The van der Waals surface area contributed by atoms with Gasteiger partial charge >= 0.3 is 0 Å². The summed E-state index contributed by atoms with van der Waals surface area (Å²) in [4.78, 5) is 10.6. The van der Waals surface area contributed by atoms with Crippen molar-refractivity contribution < 1.29 is 0 Å². The van der Waals surface area contributed by atoms with Gasteiger partial charge in [-0.1, -0.05) is 34.5 Å². The van der Waals surface area contributed by atoms with Gasteiger partial charge in [0, 0.05) is 33.2 Å². The van der Waals surface area contributed by atoms with E-state index in [9.17, 15) is 0 Å². The van der Waals surface area contributed by atoms with Gasteiger partial charge in [0.05, 0.1) is 16.8 Å². The van der Waals surface area contributed by atoms with E-state index in [1.165, 1.54) is 21.3 Å². The van der Waals surface area contributed by atoms with E-state index in [0.717, 1.165) is 45.7 Å². The smallest absolute Gasteiger partial charge is 0.186 e. The molecule has 0 saturated heterocycles. The minimum Gasteiger partial charge on any atom is -0.357 e. The van der Waals surface area contributed by atoms with E-state index < -0.39 is 0 Å². The van der Waals surface area contributed by atoms with Crippen LogP contribution in [0.1, 0.15) is 11.3 Å². The second-order valence-electron chi connectivity index (χ2n) is 6.05. The Balaban J connectivity index is 1.54. The summed E-state index contributed by atoms with van der Waals surface area (Å²) in [5.74, 6) is 0. The van der Waals surface area contributed by atoms with Crippen LogP contribution in [0.4, 0.5) is 5.13 Å². The van der Waals surface area contributed by atoms with Crippen LogP contribution < -0.4 is 4.90 Å². The molecule has 0 bridgehead atoms. The third-order valence-corrected chi connectivity index (χ3v) is 6.11. The van der Waals surface area contributed by atoms with Crippen LogP contribution in [0.2, 0.25) is 10.0 Å². The molecular weight excluding hydrogens is 361 g/mol. The molecule has 0 amide bonds. The van der Waals surface area contributed by atoms with Crippen molar-refractivity contribution in [3.8, 4) is 0 Å². The van der Waals surface area contributed by atoms with Crippen LogP contribution >= 0.6 is 34.5 Å². The van der Waals surface area contributed by atoms with Gasteiger partial charge < -0.3 is 9.88 Å². The molecule has 0 atom stereocenters. The lowest BCUT2D eigenvalue weighted by atomic mass is 10.0. The molecule has 1 N–H and O–H groups in total. The summed E-state index contributed by atoms with van der Waals surface area (Å²) in [7, 11) is 0. The molecule has 0 spiro atoms. The Morgan fingerprint density at radius 3 is 2.83 bits per heavy atom. The predicted octanol–water partition coefficient (Wildman–Crippen LogP) is 5.65. The Bertz CT molecular complexity index is 1080. The van der Waals surface area contributed by atoms with Crippen LogP contribution in [-0.4, -0.2) is 16.5 Å². The first-order valence-electron chi connectivity index (χ1n) is 7.77. The average molecular weight is 374 g/mol. The molecule has 4 aromatic rings. The molecule has 0 radical (unpaired) electrons. The van der Waals surface area contributed by atoms with E-state index in [2.05, 4.69) is 22.0 Å². The highest BCUT2D eigenvalue weighted by atomic mass is 35.5. The van der Waals surface area contributed by atoms with Crippen molar-refractivity contribution in [2.45, 2.75) is 13.0 Å². The highest BCUT2D eigenvalue weighted by Crippen LogP contribution is 2.35. The van der Waals surface area contributed by atoms with Crippen molar-refractivity contribution in [1.82, 2.24) is 9.97 Å². The first-order chi connectivity index (χ1) is 11.7. The van der Waals surface area contributed by atoms with Crippen LogP contribution in [0.3, 0.4) is 0 Å². The Morgan fingerprint density at radius 2 is 1.92 bits per heavy atom. The number of halogens is 2. The normalized spacial score (nSPS) is 14.5. The largest absolute Gasteiger partial charge is 0.357 e. The van der Waals surface area contributed by atoms with E-state index in [1.807, 2.05) is 24.3 Å². The molecule has 0 fully saturated rings. The van der Waals surface area contributed by atoms with Gasteiger partial charge in [0.1, 0.15) is 0 Å². The summed E-state index contributed by atoms with van der Waals surface area (Å²) in [6.45, 7) is 1.80. The van der Waals surface area contributed by atoms with Crippen LogP contribution in [0, 0.1) is 0 Å². The number of rotatable bonds is 1. The molecule has 6 heteroatoms. The second kappa shape index (κ2) is 5.38. The zero-order chi connectivity index (χ0) is 16.3. The Hall–Kier alpha value is -1.75. The van der Waals surface area contributed by atoms with E-state index in [-0.39, 0.29) is 0 Å². The van der Waals surface area contributed by atoms with Crippen molar-refractivity contribution in [1.29, 1.82) is 0 Å². The number of H-pyrrole nitrogens is 1. The summed E-state index contributed by atoms with van der Waals surface area (Å²) >= 11 is 13.9. The van der Waals surface area contributed by atoms with Crippen molar-refractivity contribution in [3.05, 3.63) is 57.7 Å². The van der Waals surface area contributed by atoms with E-state index in [1.54, 1.807) is 11.3 Å². The number of aromatic nitrogens is 2. The molecular formula is C18H13Cl2N3S. The summed E-state index contributed by atoms with van der Waals surface area (Å²) in [5, 5.41) is 3.81. The summed E-state index contributed by atoms with van der Waals surface area (Å²) in [6, 6.07) is 11.9. The maximum absolute atomic E-state index is 6.16. The van der Waals surface area contributed by atoms with Gasteiger partial charge in [0.25, 0.3) is 0 Å². The Labute approximate surface area is 152 Å². The molecule has 5 rings (SSSR count). The van der Waals surface area contributed by atoms with Gasteiger partial charge in [-0.25, -0.2) is 4.98 Å². The first-order valence-corrected chi connectivity index (χ1v) is 9.35. The highest BCUT2D eigenvalue weighted by Gasteiger charge is 2.23. The van der Waals surface area contributed by atoms with Gasteiger partial charge in [0.2, 0.25) is 0 Å². The minimum atomic E-state index is 0.729. The standard InChI is InChI=1S/C18H13Cl2N3S/c19-10-1-3-14-13(7-10)12-5-6-23(9-16(12)21-14)18-22-15-8-11(20)2-4-17(15)24-18/h1-4,7-8,21H,5-6,9H2. The van der Waals surface area contributed by atoms with Crippen molar-refractivity contribution in [3.63, 3.8) is 0 Å². The van der Waals surface area contributed by atoms with Crippen LogP contribution in [-0.2, 0) is 13.0 Å². The van der Waals surface area contributed by atoms with Gasteiger partial charge in [-0.15, -0.1) is 0 Å². The zero-order valence-electron chi connectivity index (χ0n) is 12.6. The molecule has 120 valence electrons. The molecule has 1 aliphatic rings. The highest BCUT2D eigenvalue weighted by molar-refractivity contribution is 7.22. The number of benzene rings is 2. The third kappa shape index (κ3) is 2.29. The molecule has 2 aromatic carbocycles. The number of hydrogen-bond acceptors (Lipinski definition) is 3. The topological polar surface area (TPSA) is 31.9 Å². The van der Waals surface area contributed by atoms with Gasteiger partial charge in [-0.2, -0.15) is 0 Å². The first kappa shape index (κ1) is 14.6. The fourth-order valence-corrected chi connectivity index (χ4v) is 4.71. The van der Waals surface area contributed by atoms with Gasteiger partial charge in [-0.3, -0.25) is 0 Å². The van der Waals surface area contributed by atoms with Crippen LogP contribution in [0.15, 0.2) is 36.4 Å². The fourth-order valence-electron chi connectivity index (χ4n) is 3.40. The number of hydrogen-bond donors (Lipinski definition) is 1. The van der Waals surface area contributed by atoms with E-state index >= 15 is 0 Å². The molecule has 0 unspecified atom stereocenters. The number of nitrogens with zero attached hydrogens (tertiary/aromatic N) is 2. The fraction of sp³-hybridized carbons (Fsp3) is 0.167. The summed E-state index contributed by atoms with van der Waals surface area (Å²) < 4.78 is 1.17. The van der Waals surface area contributed by atoms with E-state index in [0.29, 0.717) is 0 Å². The SMILES string of the molecule is Clc1ccc2sc(N3CCc4c([nH]c5ccc(Cl)cc45)C3)nc2c1.